The van der Waals surface area contributed by atoms with Crippen LogP contribution in [0.3, 0.4) is 0 Å². The van der Waals surface area contributed by atoms with Crippen LogP contribution in [0.5, 0.6) is 0 Å². The summed E-state index contributed by atoms with van der Waals surface area (Å²) in [7, 11) is 0. The maximum Gasteiger partial charge on any atom is 0.243 e. The highest BCUT2D eigenvalue weighted by atomic mass is 35.5. The topological polar surface area (TPSA) is 97.2 Å². The first-order chi connectivity index (χ1) is 15.8. The van der Waals surface area contributed by atoms with Gasteiger partial charge in [-0.25, -0.2) is 4.39 Å². The molecular formula is C23H21ClFN5O3. The fraction of sp³-hybridized carbons (Fsp3) is 0.348. The van der Waals surface area contributed by atoms with E-state index in [1.54, 1.807) is 33.9 Å². The summed E-state index contributed by atoms with van der Waals surface area (Å²) in [6.45, 7) is 1.39. The van der Waals surface area contributed by atoms with Gasteiger partial charge in [-0.2, -0.15) is 5.10 Å². The van der Waals surface area contributed by atoms with Crippen molar-refractivity contribution in [2.45, 2.75) is 44.9 Å². The van der Waals surface area contributed by atoms with Crippen LogP contribution in [-0.2, 0) is 22.7 Å². The minimum atomic E-state index is -0.622. The molecule has 3 heterocycles. The van der Waals surface area contributed by atoms with Gasteiger partial charge in [0.2, 0.25) is 11.8 Å². The van der Waals surface area contributed by atoms with Crippen molar-refractivity contribution < 1.29 is 18.8 Å². The van der Waals surface area contributed by atoms with Crippen molar-refractivity contribution in [2.24, 2.45) is 5.92 Å². The van der Waals surface area contributed by atoms with E-state index < -0.39 is 11.9 Å². The Morgan fingerprint density at radius 3 is 2.85 bits per heavy atom. The van der Waals surface area contributed by atoms with Gasteiger partial charge in [-0.05, 0) is 37.8 Å². The number of carbonyl (C=O) groups excluding carboxylic acids is 3. The number of hydrogen-bond acceptors (Lipinski definition) is 5. The minimum Gasteiger partial charge on any atom is -0.350 e. The number of ketones is 1. The van der Waals surface area contributed by atoms with Crippen molar-refractivity contribution in [1.29, 1.82) is 0 Å². The zero-order valence-corrected chi connectivity index (χ0v) is 18.6. The first kappa shape index (κ1) is 21.5. The molecule has 2 amide bonds. The van der Waals surface area contributed by atoms with E-state index in [0.29, 0.717) is 28.9 Å². The predicted octanol–water partition coefficient (Wildman–Crippen LogP) is 2.73. The van der Waals surface area contributed by atoms with Crippen molar-refractivity contribution in [3.63, 3.8) is 0 Å². The zero-order valence-electron chi connectivity index (χ0n) is 17.8. The molecule has 2 fully saturated rings. The molecule has 170 valence electrons. The Kier molecular flexibility index (Phi) is 5.36. The van der Waals surface area contributed by atoms with Crippen molar-refractivity contribution in [1.82, 2.24) is 25.0 Å². The molecule has 0 bridgehead atoms. The Balaban J connectivity index is 1.33. The third-order valence-electron chi connectivity index (χ3n) is 6.41. The summed E-state index contributed by atoms with van der Waals surface area (Å²) in [5.41, 5.74) is 1.20. The number of hydrogen-bond donors (Lipinski definition) is 1. The average Bonchev–Trinajstić information content (AvgIpc) is 3.30. The van der Waals surface area contributed by atoms with Crippen LogP contribution >= 0.6 is 11.6 Å². The van der Waals surface area contributed by atoms with Gasteiger partial charge in [0.05, 0.1) is 11.2 Å². The monoisotopic (exact) mass is 469 g/mol. The standard InChI is InChI=1S/C23H21ClFN5O3/c1-12(31)16-10-29(22-15(16)5-6-27-28-22)11-20(32)30-18-7-14(18)8-19(30)23(33)26-9-13-3-2-4-17(24)21(13)25/h2-6,10,14,18-19H,7-9,11H2,1H3,(H,26,33)/t14-,18-,19+/m1/s1. The van der Waals surface area contributed by atoms with E-state index in [1.165, 1.54) is 19.2 Å². The second kappa shape index (κ2) is 8.22. The van der Waals surface area contributed by atoms with Crippen molar-refractivity contribution in [2.75, 3.05) is 0 Å². The van der Waals surface area contributed by atoms with E-state index in [9.17, 15) is 18.8 Å². The Hall–Kier alpha value is -3.33. The van der Waals surface area contributed by atoms with E-state index in [-0.39, 0.29) is 47.3 Å². The number of likely N-dealkylation sites (tertiary alicyclic amines) is 1. The van der Waals surface area contributed by atoms with Crippen LogP contribution in [0.2, 0.25) is 5.02 Å². The number of benzene rings is 1. The lowest BCUT2D eigenvalue weighted by Crippen LogP contribution is -2.48. The summed E-state index contributed by atoms with van der Waals surface area (Å²) in [6.07, 6.45) is 4.55. The average molecular weight is 470 g/mol. The first-order valence-corrected chi connectivity index (χ1v) is 11.1. The number of aromatic nitrogens is 3. The number of nitrogens with one attached hydrogen (secondary N) is 1. The number of carbonyl (C=O) groups is 3. The maximum atomic E-state index is 14.1. The number of Topliss-reactive ketones (excluding diaryl/α,β-unsaturated/α-hetero) is 1. The van der Waals surface area contributed by atoms with Gasteiger partial charge in [0.15, 0.2) is 11.4 Å². The Labute approximate surface area is 193 Å². The van der Waals surface area contributed by atoms with Gasteiger partial charge < -0.3 is 14.8 Å². The van der Waals surface area contributed by atoms with Gasteiger partial charge in [-0.1, -0.05) is 23.7 Å². The zero-order chi connectivity index (χ0) is 23.3. The van der Waals surface area contributed by atoms with Crippen LogP contribution in [0.1, 0.15) is 35.7 Å². The highest BCUT2D eigenvalue weighted by molar-refractivity contribution is 6.30. The molecule has 1 saturated carbocycles. The molecule has 0 spiro atoms. The van der Waals surface area contributed by atoms with Gasteiger partial charge in [0.1, 0.15) is 18.4 Å². The lowest BCUT2D eigenvalue weighted by atomic mass is 10.1. The molecule has 8 nitrogen and oxygen atoms in total. The molecule has 2 aromatic heterocycles. The molecule has 10 heteroatoms. The highest BCUT2D eigenvalue weighted by Crippen LogP contribution is 2.48. The molecule has 1 aliphatic carbocycles. The molecule has 33 heavy (non-hydrogen) atoms. The highest BCUT2D eigenvalue weighted by Gasteiger charge is 2.55. The number of nitrogens with zero attached hydrogens (tertiary/aromatic N) is 4. The molecule has 3 aromatic rings. The van der Waals surface area contributed by atoms with E-state index in [0.717, 1.165) is 6.42 Å². The van der Waals surface area contributed by atoms with E-state index in [2.05, 4.69) is 15.5 Å². The number of amides is 2. The third-order valence-corrected chi connectivity index (χ3v) is 6.70. The van der Waals surface area contributed by atoms with Gasteiger partial charge >= 0.3 is 0 Å². The molecule has 0 radical (unpaired) electrons. The summed E-state index contributed by atoms with van der Waals surface area (Å²) >= 11 is 5.81. The van der Waals surface area contributed by atoms with E-state index >= 15 is 0 Å². The summed E-state index contributed by atoms with van der Waals surface area (Å²) in [5.74, 6) is -0.957. The molecule has 1 N–H and O–H groups in total. The molecule has 1 aliphatic heterocycles. The molecule has 0 unspecified atom stereocenters. The van der Waals surface area contributed by atoms with Crippen molar-refractivity contribution >= 4 is 40.2 Å². The Bertz CT molecular complexity index is 1290. The van der Waals surface area contributed by atoms with Crippen LogP contribution in [0.15, 0.2) is 36.7 Å². The lowest BCUT2D eigenvalue weighted by Gasteiger charge is -2.27. The van der Waals surface area contributed by atoms with Gasteiger partial charge in [0.25, 0.3) is 0 Å². The summed E-state index contributed by atoms with van der Waals surface area (Å²) < 4.78 is 15.8. The molecular weight excluding hydrogens is 449 g/mol. The summed E-state index contributed by atoms with van der Waals surface area (Å²) in [5, 5.41) is 11.3. The third kappa shape index (κ3) is 3.86. The fourth-order valence-corrected chi connectivity index (χ4v) is 4.89. The van der Waals surface area contributed by atoms with Crippen LogP contribution in [0.25, 0.3) is 11.0 Å². The van der Waals surface area contributed by atoms with E-state index in [4.69, 9.17) is 11.6 Å². The number of rotatable bonds is 6. The Morgan fingerprint density at radius 2 is 2.06 bits per heavy atom. The van der Waals surface area contributed by atoms with Crippen LogP contribution in [-0.4, -0.2) is 49.3 Å². The second-order valence-electron chi connectivity index (χ2n) is 8.54. The van der Waals surface area contributed by atoms with E-state index in [1.807, 2.05) is 0 Å². The summed E-state index contributed by atoms with van der Waals surface area (Å²) in [6, 6.07) is 5.71. The smallest absolute Gasteiger partial charge is 0.243 e. The largest absolute Gasteiger partial charge is 0.350 e. The molecule has 5 rings (SSSR count). The van der Waals surface area contributed by atoms with Gasteiger partial charge in [0, 0.05) is 35.3 Å². The van der Waals surface area contributed by atoms with Crippen molar-refractivity contribution in [3.8, 4) is 0 Å². The lowest BCUT2D eigenvalue weighted by molar-refractivity contribution is -0.140. The van der Waals surface area contributed by atoms with Crippen LogP contribution in [0, 0.1) is 11.7 Å². The quantitative estimate of drug-likeness (QED) is 0.560. The van der Waals surface area contributed by atoms with Crippen LogP contribution in [0.4, 0.5) is 4.39 Å². The number of piperidine rings is 1. The minimum absolute atomic E-state index is 0.00681. The van der Waals surface area contributed by atoms with Crippen molar-refractivity contribution in [3.05, 3.63) is 58.6 Å². The van der Waals surface area contributed by atoms with Gasteiger partial charge in [-0.3, -0.25) is 14.4 Å². The van der Waals surface area contributed by atoms with Crippen LogP contribution < -0.4 is 5.32 Å². The molecule has 2 aliphatic rings. The van der Waals surface area contributed by atoms with Gasteiger partial charge in [-0.15, -0.1) is 5.10 Å². The number of fused-ring (bicyclic) bond motifs is 2. The summed E-state index contributed by atoms with van der Waals surface area (Å²) in [4.78, 5) is 39.8. The SMILES string of the molecule is CC(=O)c1cn(CC(=O)N2[C@@H]3C[C@@H]3C[C@H]2C(=O)NCc2cccc(Cl)c2F)c2nnccc12. The maximum absolute atomic E-state index is 14.1. The fourth-order valence-electron chi connectivity index (χ4n) is 4.70. The number of halogens is 2. The first-order valence-electron chi connectivity index (χ1n) is 10.7. The second-order valence-corrected chi connectivity index (χ2v) is 8.95. The molecule has 1 saturated heterocycles. The normalized spacial score (nSPS) is 21.2. The molecule has 1 aromatic carbocycles. The Morgan fingerprint density at radius 1 is 1.24 bits per heavy atom. The molecule has 3 atom stereocenters. The predicted molar refractivity (Wildman–Crippen MR) is 118 cm³/mol.